The molecule has 0 spiro atoms. The van der Waals surface area contributed by atoms with E-state index >= 15 is 0 Å². The average molecular weight is 128 g/mol. The molecule has 0 N–H and O–H groups in total. The molecule has 1 aliphatic heterocycles. The summed E-state index contributed by atoms with van der Waals surface area (Å²) < 4.78 is 5.63. The Balaban J connectivity index is 2.62. The van der Waals surface area contributed by atoms with Gasteiger partial charge in [0.1, 0.15) is 0 Å². The Morgan fingerprint density at radius 1 is 1.00 bits per heavy atom. The van der Waals surface area contributed by atoms with Gasteiger partial charge in [-0.15, -0.1) is 0 Å². The van der Waals surface area contributed by atoms with Gasteiger partial charge in [-0.1, -0.05) is 6.92 Å². The predicted molar refractivity (Wildman–Crippen MR) is 38.4 cm³/mol. The van der Waals surface area contributed by atoms with Crippen molar-refractivity contribution in [3.8, 4) is 0 Å². The Hall–Kier alpha value is -0.0400. The van der Waals surface area contributed by atoms with Gasteiger partial charge >= 0.3 is 0 Å². The predicted octanol–water partition coefficient (Wildman–Crippen LogP) is 2.21. The Morgan fingerprint density at radius 3 is 1.33 bits per heavy atom. The van der Waals surface area contributed by atoms with E-state index in [9.17, 15) is 0 Å². The summed E-state index contributed by atoms with van der Waals surface area (Å²) in [6.45, 7) is 10.8. The minimum absolute atomic E-state index is 0.115. The molecule has 1 fully saturated rings. The lowest BCUT2D eigenvalue weighted by Gasteiger charge is -2.56. The van der Waals surface area contributed by atoms with Crippen molar-refractivity contribution in [1.29, 1.82) is 0 Å². The monoisotopic (exact) mass is 128 g/mol. The van der Waals surface area contributed by atoms with Crippen molar-refractivity contribution in [1.82, 2.24) is 0 Å². The Bertz CT molecular complexity index is 111. The highest BCUT2D eigenvalue weighted by atomic mass is 16.6. The lowest BCUT2D eigenvalue weighted by Crippen LogP contribution is -2.61. The maximum atomic E-state index is 5.63. The minimum atomic E-state index is 0.115. The van der Waals surface area contributed by atoms with Gasteiger partial charge in [-0.3, -0.25) is 0 Å². The number of hydrogen-bond donors (Lipinski definition) is 0. The summed E-state index contributed by atoms with van der Waals surface area (Å²) in [6.07, 6.45) is 0. The van der Waals surface area contributed by atoms with Crippen molar-refractivity contribution in [2.75, 3.05) is 0 Å². The molecule has 1 aliphatic rings. The van der Waals surface area contributed by atoms with Crippen molar-refractivity contribution in [2.45, 2.75) is 45.8 Å². The average Bonchev–Trinajstić information content (AvgIpc) is 1.63. The quantitative estimate of drug-likeness (QED) is 0.486. The summed E-state index contributed by atoms with van der Waals surface area (Å²) in [4.78, 5) is 0. The molecule has 0 aromatic heterocycles. The van der Waals surface area contributed by atoms with Gasteiger partial charge in [0.15, 0.2) is 0 Å². The van der Waals surface area contributed by atoms with Gasteiger partial charge in [-0.25, -0.2) is 0 Å². The Labute approximate surface area is 57.4 Å². The second kappa shape index (κ2) is 1.51. The van der Waals surface area contributed by atoms with E-state index in [1.54, 1.807) is 0 Å². The highest BCUT2D eigenvalue weighted by molar-refractivity contribution is 4.99. The zero-order chi connectivity index (χ0) is 7.28. The van der Waals surface area contributed by atoms with Crippen LogP contribution >= 0.6 is 0 Å². The molecule has 1 rings (SSSR count). The van der Waals surface area contributed by atoms with Crippen molar-refractivity contribution in [2.24, 2.45) is 5.92 Å². The molecule has 1 heteroatoms. The normalized spacial score (nSPS) is 31.7. The zero-order valence-electron chi connectivity index (χ0n) is 6.99. The molecule has 9 heavy (non-hydrogen) atoms. The first-order chi connectivity index (χ1) is 3.86. The molecule has 54 valence electrons. The topological polar surface area (TPSA) is 9.23 Å². The molecule has 0 saturated carbocycles. The fourth-order valence-corrected chi connectivity index (χ4v) is 1.63. The summed E-state index contributed by atoms with van der Waals surface area (Å²) in [6, 6.07) is 0. The maximum absolute atomic E-state index is 5.63. The van der Waals surface area contributed by atoms with Crippen molar-refractivity contribution in [3.63, 3.8) is 0 Å². The third-order valence-corrected chi connectivity index (χ3v) is 2.61. The molecule has 0 bridgehead atoms. The van der Waals surface area contributed by atoms with E-state index in [0.717, 1.165) is 0 Å². The van der Waals surface area contributed by atoms with Crippen LogP contribution in [-0.2, 0) is 4.74 Å². The maximum Gasteiger partial charge on any atom is 0.0686 e. The van der Waals surface area contributed by atoms with E-state index in [0.29, 0.717) is 5.92 Å². The summed E-state index contributed by atoms with van der Waals surface area (Å²) in [5, 5.41) is 0. The van der Waals surface area contributed by atoms with Crippen LogP contribution in [0.2, 0.25) is 0 Å². The molecule has 0 aromatic carbocycles. The van der Waals surface area contributed by atoms with Gasteiger partial charge in [0.05, 0.1) is 11.2 Å². The molecule has 0 aliphatic carbocycles. The Morgan fingerprint density at radius 2 is 1.33 bits per heavy atom. The summed E-state index contributed by atoms with van der Waals surface area (Å²) in [7, 11) is 0. The third kappa shape index (κ3) is 0.877. The number of rotatable bonds is 0. The van der Waals surface area contributed by atoms with E-state index in [1.807, 2.05) is 0 Å². The van der Waals surface area contributed by atoms with Crippen LogP contribution in [0.25, 0.3) is 0 Å². The van der Waals surface area contributed by atoms with Crippen molar-refractivity contribution in [3.05, 3.63) is 0 Å². The van der Waals surface area contributed by atoms with Gasteiger partial charge in [0.2, 0.25) is 0 Å². The van der Waals surface area contributed by atoms with Gasteiger partial charge in [0, 0.05) is 5.92 Å². The molecular formula is C8H16O. The second-order valence-corrected chi connectivity index (χ2v) is 4.03. The highest BCUT2D eigenvalue weighted by Gasteiger charge is 2.51. The first-order valence-electron chi connectivity index (χ1n) is 3.56. The summed E-state index contributed by atoms with van der Waals surface area (Å²) in [5.41, 5.74) is 0.229. The van der Waals surface area contributed by atoms with Crippen LogP contribution in [0, 0.1) is 5.92 Å². The van der Waals surface area contributed by atoms with E-state index in [2.05, 4.69) is 34.6 Å². The molecule has 0 atom stereocenters. The standard InChI is InChI=1S/C8H16O/c1-6-7(2,3)9-8(6,4)5/h6H,1-5H3. The van der Waals surface area contributed by atoms with Crippen molar-refractivity contribution >= 4 is 0 Å². The van der Waals surface area contributed by atoms with Gasteiger partial charge in [-0.05, 0) is 27.7 Å². The number of hydrogen-bond acceptors (Lipinski definition) is 1. The smallest absolute Gasteiger partial charge is 0.0686 e. The summed E-state index contributed by atoms with van der Waals surface area (Å²) in [5.74, 6) is 0.671. The lowest BCUT2D eigenvalue weighted by molar-refractivity contribution is -0.287. The first-order valence-corrected chi connectivity index (χ1v) is 3.56. The van der Waals surface area contributed by atoms with Crippen LogP contribution in [0.15, 0.2) is 0 Å². The fraction of sp³-hybridized carbons (Fsp3) is 1.00. The van der Waals surface area contributed by atoms with Crippen LogP contribution in [0.5, 0.6) is 0 Å². The van der Waals surface area contributed by atoms with Crippen LogP contribution in [0.3, 0.4) is 0 Å². The molecule has 0 aromatic rings. The first kappa shape index (κ1) is 7.07. The van der Waals surface area contributed by atoms with Crippen LogP contribution in [0.4, 0.5) is 0 Å². The van der Waals surface area contributed by atoms with Gasteiger partial charge in [-0.2, -0.15) is 0 Å². The molecule has 1 saturated heterocycles. The molecule has 0 unspecified atom stereocenters. The molecular weight excluding hydrogens is 112 g/mol. The highest BCUT2D eigenvalue weighted by Crippen LogP contribution is 2.45. The molecule has 0 amide bonds. The Kier molecular flexibility index (Phi) is 1.19. The van der Waals surface area contributed by atoms with Crippen molar-refractivity contribution < 1.29 is 4.74 Å². The van der Waals surface area contributed by atoms with Crippen LogP contribution in [0.1, 0.15) is 34.6 Å². The largest absolute Gasteiger partial charge is 0.369 e. The minimum Gasteiger partial charge on any atom is -0.369 e. The van der Waals surface area contributed by atoms with Gasteiger partial charge < -0.3 is 4.74 Å². The van der Waals surface area contributed by atoms with Crippen LogP contribution in [-0.4, -0.2) is 11.2 Å². The summed E-state index contributed by atoms with van der Waals surface area (Å²) >= 11 is 0. The van der Waals surface area contributed by atoms with E-state index in [-0.39, 0.29) is 11.2 Å². The second-order valence-electron chi connectivity index (χ2n) is 4.03. The SMILES string of the molecule is CC1C(C)(C)OC1(C)C. The molecule has 1 heterocycles. The number of ether oxygens (including phenoxy) is 1. The van der Waals surface area contributed by atoms with E-state index in [4.69, 9.17) is 4.74 Å². The zero-order valence-corrected chi connectivity index (χ0v) is 6.99. The van der Waals surface area contributed by atoms with E-state index in [1.165, 1.54) is 0 Å². The fourth-order valence-electron chi connectivity index (χ4n) is 1.63. The lowest BCUT2D eigenvalue weighted by atomic mass is 9.73. The van der Waals surface area contributed by atoms with Crippen LogP contribution < -0.4 is 0 Å². The molecule has 0 radical (unpaired) electrons. The third-order valence-electron chi connectivity index (χ3n) is 2.61. The van der Waals surface area contributed by atoms with Gasteiger partial charge in [0.25, 0.3) is 0 Å². The molecule has 1 nitrogen and oxygen atoms in total. The van der Waals surface area contributed by atoms with E-state index < -0.39 is 0 Å².